The summed E-state index contributed by atoms with van der Waals surface area (Å²) in [4.78, 5) is 16.5. The highest BCUT2D eigenvalue weighted by molar-refractivity contribution is 6.35. The molecule has 0 atom stereocenters. The number of halogens is 1. The molecule has 0 amide bonds. The first kappa shape index (κ1) is 11.9. The van der Waals surface area contributed by atoms with Crippen LogP contribution in [-0.2, 0) is 0 Å². The Balaban J connectivity index is 2.12. The van der Waals surface area contributed by atoms with Gasteiger partial charge >= 0.3 is 0 Å². The van der Waals surface area contributed by atoms with E-state index in [4.69, 9.17) is 16.0 Å². The van der Waals surface area contributed by atoms with Crippen LogP contribution in [0.25, 0.3) is 11.0 Å². The summed E-state index contributed by atoms with van der Waals surface area (Å²) in [6.07, 6.45) is 1.59. The van der Waals surface area contributed by atoms with Crippen LogP contribution in [0.3, 0.4) is 0 Å². The van der Waals surface area contributed by atoms with Crippen LogP contribution in [0.5, 0.6) is 0 Å². The Labute approximate surface area is 114 Å². The van der Waals surface area contributed by atoms with Crippen molar-refractivity contribution in [1.82, 2.24) is 4.98 Å². The molecule has 0 unspecified atom stereocenters. The van der Waals surface area contributed by atoms with Crippen molar-refractivity contribution in [2.75, 3.05) is 0 Å². The van der Waals surface area contributed by atoms with Crippen molar-refractivity contribution in [2.45, 2.75) is 6.92 Å². The Hall–Kier alpha value is -2.13. The number of rotatable bonds is 2. The van der Waals surface area contributed by atoms with Crippen molar-refractivity contribution in [2.24, 2.45) is 0 Å². The van der Waals surface area contributed by atoms with Gasteiger partial charge in [-0.15, -0.1) is 0 Å². The Kier molecular flexibility index (Phi) is 2.84. The number of ketones is 1. The third-order valence-electron chi connectivity index (χ3n) is 2.94. The molecule has 0 saturated heterocycles. The predicted octanol–water partition coefficient (Wildman–Crippen LogP) is 4.02. The quantitative estimate of drug-likeness (QED) is 0.661. The molecule has 0 aliphatic heterocycles. The number of hydrogen-bond donors (Lipinski definition) is 0. The lowest BCUT2D eigenvalue weighted by atomic mass is 10.1. The number of furan rings is 1. The Morgan fingerprint density at radius 1 is 1.26 bits per heavy atom. The summed E-state index contributed by atoms with van der Waals surface area (Å²) in [6, 6.07) is 10.7. The maximum atomic E-state index is 12.3. The predicted molar refractivity (Wildman–Crippen MR) is 73.6 cm³/mol. The smallest absolute Gasteiger partial charge is 0.246 e. The first-order valence-electron chi connectivity index (χ1n) is 5.81. The average molecular weight is 272 g/mol. The van der Waals surface area contributed by atoms with Gasteiger partial charge in [-0.05, 0) is 30.7 Å². The Morgan fingerprint density at radius 2 is 2.11 bits per heavy atom. The molecule has 0 fully saturated rings. The average Bonchev–Trinajstić information content (AvgIpc) is 2.84. The highest BCUT2D eigenvalue weighted by atomic mass is 35.5. The van der Waals surface area contributed by atoms with Crippen molar-refractivity contribution in [3.63, 3.8) is 0 Å². The minimum Gasteiger partial charge on any atom is -0.451 e. The van der Waals surface area contributed by atoms with Crippen LogP contribution < -0.4 is 0 Å². The molecular formula is C15H10ClNO2. The van der Waals surface area contributed by atoms with Crippen molar-refractivity contribution in [3.05, 3.63) is 64.6 Å². The molecule has 3 rings (SSSR count). The fourth-order valence-electron chi connectivity index (χ4n) is 1.98. The molecular weight excluding hydrogens is 262 g/mol. The lowest BCUT2D eigenvalue weighted by Gasteiger charge is -2.00. The monoisotopic (exact) mass is 271 g/mol. The van der Waals surface area contributed by atoms with Crippen LogP contribution in [0, 0.1) is 6.92 Å². The van der Waals surface area contributed by atoms with E-state index in [1.165, 1.54) is 0 Å². The van der Waals surface area contributed by atoms with Crippen molar-refractivity contribution >= 4 is 28.4 Å². The van der Waals surface area contributed by atoms with Gasteiger partial charge in [-0.3, -0.25) is 9.78 Å². The van der Waals surface area contributed by atoms with Crippen molar-refractivity contribution in [1.29, 1.82) is 0 Å². The molecule has 0 saturated carbocycles. The standard InChI is InChI=1S/C15H10ClNO2/c1-9-4-3-7-17-13(9)14(18)12-8-10-5-2-6-11(16)15(10)19-12/h2-8H,1H3. The maximum Gasteiger partial charge on any atom is 0.246 e. The van der Waals surface area contributed by atoms with Crippen molar-refractivity contribution in [3.8, 4) is 0 Å². The summed E-state index contributed by atoms with van der Waals surface area (Å²) < 4.78 is 5.55. The van der Waals surface area contributed by atoms with E-state index in [1.54, 1.807) is 24.4 Å². The second-order valence-corrected chi connectivity index (χ2v) is 4.67. The van der Waals surface area contributed by atoms with E-state index in [1.807, 2.05) is 25.1 Å². The molecule has 1 aromatic carbocycles. The Bertz CT molecular complexity index is 777. The minimum atomic E-state index is -0.231. The number of hydrogen-bond acceptors (Lipinski definition) is 3. The number of aromatic nitrogens is 1. The largest absolute Gasteiger partial charge is 0.451 e. The zero-order valence-electron chi connectivity index (χ0n) is 10.2. The van der Waals surface area contributed by atoms with E-state index >= 15 is 0 Å². The summed E-state index contributed by atoms with van der Waals surface area (Å²) >= 11 is 6.03. The number of benzene rings is 1. The minimum absolute atomic E-state index is 0.231. The lowest BCUT2D eigenvalue weighted by molar-refractivity contribution is 0.101. The van der Waals surface area contributed by atoms with Gasteiger partial charge < -0.3 is 4.42 Å². The van der Waals surface area contributed by atoms with Crippen molar-refractivity contribution < 1.29 is 9.21 Å². The van der Waals surface area contributed by atoms with Gasteiger partial charge in [0.15, 0.2) is 11.3 Å². The number of fused-ring (bicyclic) bond motifs is 1. The number of carbonyl (C=O) groups is 1. The second-order valence-electron chi connectivity index (χ2n) is 4.27. The molecule has 94 valence electrons. The second kappa shape index (κ2) is 4.52. The van der Waals surface area contributed by atoms with Crippen LogP contribution in [-0.4, -0.2) is 10.8 Å². The fraction of sp³-hybridized carbons (Fsp3) is 0.0667. The number of aryl methyl sites for hydroxylation is 1. The van der Waals surface area contributed by atoms with Gasteiger partial charge in [0.25, 0.3) is 0 Å². The number of carbonyl (C=O) groups excluding carboxylic acids is 1. The summed E-state index contributed by atoms with van der Waals surface area (Å²) in [5.74, 6) is 0.0234. The van der Waals surface area contributed by atoms with Gasteiger partial charge in [0, 0.05) is 11.6 Å². The van der Waals surface area contributed by atoms with E-state index in [9.17, 15) is 4.79 Å². The normalized spacial score (nSPS) is 10.8. The molecule has 0 spiro atoms. The topological polar surface area (TPSA) is 43.1 Å². The van der Waals surface area contributed by atoms with E-state index in [-0.39, 0.29) is 11.5 Å². The van der Waals surface area contributed by atoms with Crippen LogP contribution in [0.1, 0.15) is 21.8 Å². The molecule has 0 bridgehead atoms. The van der Waals surface area contributed by atoms with Gasteiger partial charge in [-0.1, -0.05) is 29.8 Å². The van der Waals surface area contributed by atoms with Crippen LogP contribution in [0.2, 0.25) is 5.02 Å². The molecule has 0 aliphatic rings. The fourth-order valence-corrected chi connectivity index (χ4v) is 2.20. The number of para-hydroxylation sites is 1. The first-order chi connectivity index (χ1) is 9.16. The zero-order chi connectivity index (χ0) is 13.4. The summed E-state index contributed by atoms with van der Waals surface area (Å²) in [7, 11) is 0. The number of pyridine rings is 1. The summed E-state index contributed by atoms with van der Waals surface area (Å²) in [5.41, 5.74) is 1.75. The lowest BCUT2D eigenvalue weighted by Crippen LogP contribution is -2.04. The number of nitrogens with zero attached hydrogens (tertiary/aromatic N) is 1. The molecule has 0 radical (unpaired) electrons. The summed E-state index contributed by atoms with van der Waals surface area (Å²) in [6.45, 7) is 1.84. The SMILES string of the molecule is Cc1cccnc1C(=O)c1cc2cccc(Cl)c2o1. The third kappa shape index (κ3) is 2.02. The molecule has 4 heteroatoms. The maximum absolute atomic E-state index is 12.3. The zero-order valence-corrected chi connectivity index (χ0v) is 10.9. The molecule has 19 heavy (non-hydrogen) atoms. The van der Waals surface area contributed by atoms with Gasteiger partial charge in [0.2, 0.25) is 5.78 Å². The molecule has 2 heterocycles. The Morgan fingerprint density at radius 3 is 2.84 bits per heavy atom. The highest BCUT2D eigenvalue weighted by Crippen LogP contribution is 2.27. The molecule has 0 aliphatic carbocycles. The van der Waals surface area contributed by atoms with Gasteiger partial charge in [0.05, 0.1) is 5.02 Å². The van der Waals surface area contributed by atoms with Crippen LogP contribution in [0.4, 0.5) is 0 Å². The summed E-state index contributed by atoms with van der Waals surface area (Å²) in [5, 5.41) is 1.30. The van der Waals surface area contributed by atoms with Crippen LogP contribution >= 0.6 is 11.6 Å². The molecule has 3 nitrogen and oxygen atoms in total. The molecule has 3 aromatic rings. The van der Waals surface area contributed by atoms with E-state index < -0.39 is 0 Å². The van der Waals surface area contributed by atoms with Gasteiger partial charge in [-0.25, -0.2) is 0 Å². The molecule has 0 N–H and O–H groups in total. The van der Waals surface area contributed by atoms with E-state index in [0.29, 0.717) is 16.3 Å². The first-order valence-corrected chi connectivity index (χ1v) is 6.19. The van der Waals surface area contributed by atoms with Crippen LogP contribution in [0.15, 0.2) is 47.0 Å². The van der Waals surface area contributed by atoms with Gasteiger partial charge in [0.1, 0.15) is 5.69 Å². The van der Waals surface area contributed by atoms with E-state index in [2.05, 4.69) is 4.98 Å². The highest BCUT2D eigenvalue weighted by Gasteiger charge is 2.18. The third-order valence-corrected chi connectivity index (χ3v) is 3.24. The van der Waals surface area contributed by atoms with E-state index in [0.717, 1.165) is 10.9 Å². The molecule has 2 aromatic heterocycles. The van der Waals surface area contributed by atoms with Gasteiger partial charge in [-0.2, -0.15) is 0 Å².